The van der Waals surface area contributed by atoms with Crippen LogP contribution in [-0.2, 0) is 52.2 Å². The van der Waals surface area contributed by atoms with Crippen LogP contribution in [0.15, 0.2) is 11.6 Å². The summed E-state index contributed by atoms with van der Waals surface area (Å²) in [6, 6.07) is 0. The Morgan fingerprint density at radius 3 is 1.84 bits per heavy atom. The number of hydrogen-bond donors (Lipinski definition) is 14. The summed E-state index contributed by atoms with van der Waals surface area (Å²) in [6.07, 6.45) is -26.0. The number of allylic oxidation sites excluding steroid dienone is 2. The van der Waals surface area contributed by atoms with Gasteiger partial charge in [-0.05, 0) is 111 Å². The summed E-state index contributed by atoms with van der Waals surface area (Å²) < 4.78 is 59.3. The second kappa shape index (κ2) is 23.3. The van der Waals surface area contributed by atoms with Crippen LogP contribution in [0.5, 0.6) is 0 Å². The molecule has 0 bridgehead atoms. The van der Waals surface area contributed by atoms with Crippen LogP contribution in [0.2, 0.25) is 0 Å². The van der Waals surface area contributed by atoms with Crippen molar-refractivity contribution in [3.63, 3.8) is 0 Å². The number of aliphatic hydroxyl groups is 14. The molecule has 5 saturated heterocycles. The molecule has 25 nitrogen and oxygen atoms in total. The van der Waals surface area contributed by atoms with Gasteiger partial charge in [-0.15, -0.1) is 0 Å². The summed E-state index contributed by atoms with van der Waals surface area (Å²) in [4.78, 5) is 15.1. The van der Waals surface area contributed by atoms with E-state index in [1.54, 1.807) is 0 Å². The van der Waals surface area contributed by atoms with E-state index in [0.29, 0.717) is 51.4 Å². The van der Waals surface area contributed by atoms with E-state index in [0.717, 1.165) is 12.8 Å². The molecule has 9 fully saturated rings. The van der Waals surface area contributed by atoms with E-state index in [9.17, 15) is 71.5 Å². The molecule has 5 aliphatic heterocycles. The summed E-state index contributed by atoms with van der Waals surface area (Å²) in [5.41, 5.74) is -1.86. The molecule has 10 rings (SSSR count). The molecule has 0 unspecified atom stereocenters. The first-order valence-electron chi connectivity index (χ1n) is 29.6. The van der Waals surface area contributed by atoms with Gasteiger partial charge in [-0.3, -0.25) is 4.79 Å². The number of carbonyl (C=O) groups excluding carboxylic acids is 1. The van der Waals surface area contributed by atoms with Crippen molar-refractivity contribution in [3.05, 3.63) is 11.6 Å². The zero-order valence-electron chi connectivity index (χ0n) is 47.9. The topological polar surface area (TPSA) is 393 Å². The lowest BCUT2D eigenvalue weighted by Gasteiger charge is -2.71. The van der Waals surface area contributed by atoms with Gasteiger partial charge in [0.2, 0.25) is 6.29 Å². The minimum atomic E-state index is -1.82. The predicted molar refractivity (Wildman–Crippen MR) is 277 cm³/mol. The van der Waals surface area contributed by atoms with Crippen molar-refractivity contribution in [1.82, 2.24) is 0 Å². The molecule has 0 aromatic carbocycles. The van der Waals surface area contributed by atoms with Crippen LogP contribution in [-0.4, -0.2) is 252 Å². The van der Waals surface area contributed by atoms with Gasteiger partial charge in [0.15, 0.2) is 25.2 Å². The SMILES string of the molecule is C[C@@H]1O[C@@H](O[C@H]2[C@H](O[C@H]3CC[C@@]4(C)[C@@H](CC[C@]5(C)[C@@H]4CC=C4[C@@H]6CC(C)(C)CC[C@]6(C(=O)O[C@@H]6O[C@H](CO[C@@H]7OC[C@@H](O)[C@H](O)[C@H]7O)[C@@H](O)[C@H](O)[C@H]6O)CC[C@]45C)[C@]3(C)CO)OC[C@H](O)[C@@H]2O)[C@H](O)[C@H](O[C@@H]2OC[C@@H](O)[C@H](O)[C@H]2O)[C@H]1O. The van der Waals surface area contributed by atoms with Crippen LogP contribution in [0.1, 0.15) is 113 Å². The highest BCUT2D eigenvalue weighted by Gasteiger charge is 2.71. The summed E-state index contributed by atoms with van der Waals surface area (Å²) >= 11 is 0. The minimum absolute atomic E-state index is 0.0874. The smallest absolute Gasteiger partial charge is 0.315 e. The monoisotopic (exact) mass is 1180 g/mol. The number of carbonyl (C=O) groups is 1. The quantitative estimate of drug-likeness (QED) is 0.0555. The van der Waals surface area contributed by atoms with Crippen molar-refractivity contribution >= 4 is 5.97 Å². The maximum Gasteiger partial charge on any atom is 0.315 e. The average Bonchev–Trinajstić information content (AvgIpc) is 1.41. The van der Waals surface area contributed by atoms with E-state index in [4.69, 9.17) is 47.4 Å². The number of esters is 1. The molecule has 10 aliphatic rings. The highest BCUT2D eigenvalue weighted by molar-refractivity contribution is 5.79. The Bertz CT molecular complexity index is 2280. The van der Waals surface area contributed by atoms with Crippen LogP contribution in [0.25, 0.3) is 0 Å². The molecule has 4 saturated carbocycles. The fraction of sp³-hybridized carbons (Fsp3) is 0.947. The number of aliphatic hydroxyl groups excluding tert-OH is 14. The van der Waals surface area contributed by atoms with Gasteiger partial charge in [0.1, 0.15) is 97.7 Å². The molecule has 0 spiro atoms. The molecule has 82 heavy (non-hydrogen) atoms. The van der Waals surface area contributed by atoms with Crippen LogP contribution in [0.4, 0.5) is 0 Å². The van der Waals surface area contributed by atoms with E-state index >= 15 is 4.79 Å². The molecule has 25 heteroatoms. The molecule has 0 aromatic rings. The Labute approximate surface area is 477 Å². The Balaban J connectivity index is 0.852. The number of ether oxygens (including phenoxy) is 10. The Morgan fingerprint density at radius 1 is 0.573 bits per heavy atom. The zero-order valence-corrected chi connectivity index (χ0v) is 47.9. The molecule has 0 amide bonds. The average molecular weight is 1180 g/mol. The molecule has 0 radical (unpaired) electrons. The molecular weight excluding hydrogens is 1080 g/mol. The molecular formula is C57H92O25. The molecule has 0 aromatic heterocycles. The summed E-state index contributed by atoms with van der Waals surface area (Å²) in [5, 5.41) is 151. The van der Waals surface area contributed by atoms with E-state index in [-0.39, 0.29) is 59.2 Å². The maximum atomic E-state index is 15.1. The van der Waals surface area contributed by atoms with Crippen LogP contribution in [0, 0.1) is 50.2 Å². The first-order valence-corrected chi connectivity index (χ1v) is 29.6. The second-order valence-electron chi connectivity index (χ2n) is 27.6. The molecule has 470 valence electrons. The molecule has 14 N–H and O–H groups in total. The van der Waals surface area contributed by atoms with Crippen LogP contribution >= 0.6 is 0 Å². The first kappa shape index (κ1) is 63.3. The number of fused-ring (bicyclic) bond motifs is 7. The van der Waals surface area contributed by atoms with Gasteiger partial charge in [0, 0.05) is 5.41 Å². The lowest BCUT2D eigenvalue weighted by Crippen LogP contribution is -2.67. The predicted octanol–water partition coefficient (Wildman–Crippen LogP) is -2.29. The van der Waals surface area contributed by atoms with Crippen molar-refractivity contribution in [2.75, 3.05) is 33.0 Å². The Kier molecular flexibility index (Phi) is 18.0. The van der Waals surface area contributed by atoms with Crippen molar-refractivity contribution < 1.29 is 124 Å². The fourth-order valence-electron chi connectivity index (χ4n) is 17.0. The van der Waals surface area contributed by atoms with Gasteiger partial charge in [0.05, 0.1) is 50.7 Å². The third kappa shape index (κ3) is 10.6. The highest BCUT2D eigenvalue weighted by atomic mass is 16.8. The lowest BCUT2D eigenvalue weighted by molar-refractivity contribution is -0.379. The number of hydrogen-bond acceptors (Lipinski definition) is 25. The number of rotatable bonds is 12. The highest BCUT2D eigenvalue weighted by Crippen LogP contribution is 2.76. The van der Waals surface area contributed by atoms with E-state index in [2.05, 4.69) is 40.7 Å². The first-order chi connectivity index (χ1) is 38.5. The Morgan fingerprint density at radius 2 is 1.17 bits per heavy atom. The molecule has 5 heterocycles. The maximum absolute atomic E-state index is 15.1. The lowest BCUT2D eigenvalue weighted by atomic mass is 9.33. The van der Waals surface area contributed by atoms with E-state index in [1.807, 2.05) is 6.92 Å². The third-order valence-electron chi connectivity index (χ3n) is 22.4. The van der Waals surface area contributed by atoms with Crippen molar-refractivity contribution in [2.24, 2.45) is 50.2 Å². The van der Waals surface area contributed by atoms with E-state index in [1.165, 1.54) is 12.5 Å². The molecule has 31 atom stereocenters. The van der Waals surface area contributed by atoms with Crippen molar-refractivity contribution in [1.29, 1.82) is 0 Å². The minimum Gasteiger partial charge on any atom is -0.432 e. The van der Waals surface area contributed by atoms with Crippen LogP contribution < -0.4 is 0 Å². The largest absolute Gasteiger partial charge is 0.432 e. The van der Waals surface area contributed by atoms with Crippen LogP contribution in [0.3, 0.4) is 0 Å². The fourth-order valence-corrected chi connectivity index (χ4v) is 17.0. The molecule has 5 aliphatic carbocycles. The summed E-state index contributed by atoms with van der Waals surface area (Å²) in [7, 11) is 0. The standard InChI is InChI=1S/C57H92O25/c1-24-34(62)44(80-47-41(69)36(64)28(60)20-74-47)43(71)49(77-24)81-45-37(65)29(61)21-75-50(45)79-33-11-12-53(4)31(54(33,5)23-58)10-13-56(7)32(53)9-8-25-26-18-52(2,3)14-16-57(26,17-15-55(25,56)6)51(72)82-48-42(70)39(67)38(66)30(78-48)22-76-46-40(68)35(63)27(59)19-73-46/h8,24,26-50,58-71H,9-23H2,1-7H3/t24-,26-,27+,28+,29-,30+,31+,32+,33-,34-,35-,36-,37-,38+,39-,40+,41+,42+,43+,44+,45+,46-,47-,48-,49-,50-,53-,54-,55+,56+,57-/m0/s1. The summed E-state index contributed by atoms with van der Waals surface area (Å²) in [5.74, 6) is -0.803. The second-order valence-corrected chi connectivity index (χ2v) is 27.6. The third-order valence-corrected chi connectivity index (χ3v) is 22.4. The van der Waals surface area contributed by atoms with Crippen molar-refractivity contribution in [3.8, 4) is 0 Å². The Hall–Kier alpha value is -1.71. The summed E-state index contributed by atoms with van der Waals surface area (Å²) in [6.45, 7) is 13.1. The van der Waals surface area contributed by atoms with Gasteiger partial charge >= 0.3 is 5.97 Å². The van der Waals surface area contributed by atoms with Crippen molar-refractivity contribution in [2.45, 2.75) is 254 Å². The van der Waals surface area contributed by atoms with Gasteiger partial charge in [-0.1, -0.05) is 53.2 Å². The van der Waals surface area contributed by atoms with Gasteiger partial charge < -0.3 is 119 Å². The van der Waals surface area contributed by atoms with E-state index < -0.39 is 171 Å². The van der Waals surface area contributed by atoms with Gasteiger partial charge in [-0.2, -0.15) is 0 Å². The van der Waals surface area contributed by atoms with Gasteiger partial charge in [0.25, 0.3) is 0 Å². The van der Waals surface area contributed by atoms with Gasteiger partial charge in [-0.25, -0.2) is 0 Å². The normalized spacial score (nSPS) is 55.0. The zero-order chi connectivity index (χ0) is 59.6.